The van der Waals surface area contributed by atoms with Crippen molar-refractivity contribution >= 4 is 45.2 Å². The Kier molecular flexibility index (Phi) is 9.45. The lowest BCUT2D eigenvalue weighted by Crippen LogP contribution is -2.00. The highest BCUT2D eigenvalue weighted by Gasteiger charge is 2.13. The number of halogens is 1. The van der Waals surface area contributed by atoms with Crippen LogP contribution in [0.2, 0.25) is 0 Å². The molecule has 0 spiro atoms. The third-order valence-electron chi connectivity index (χ3n) is 5.41. The fraction of sp³-hybridized carbons (Fsp3) is 0.179. The SMILES string of the molecule is COc1ccc(C(=O)C=CNc2cc(C=Cc3cc(OC)c(OC)c(OC)c3)cc(Br)c2OC)cc1N. The van der Waals surface area contributed by atoms with Crippen molar-refractivity contribution in [1.29, 1.82) is 0 Å². The molecule has 0 bridgehead atoms. The third kappa shape index (κ3) is 6.56. The van der Waals surface area contributed by atoms with E-state index in [4.69, 9.17) is 29.4 Å². The number of carbonyl (C=O) groups is 1. The molecule has 9 heteroatoms. The van der Waals surface area contributed by atoms with Gasteiger partial charge >= 0.3 is 0 Å². The monoisotopic (exact) mass is 568 g/mol. The van der Waals surface area contributed by atoms with E-state index < -0.39 is 0 Å². The molecule has 3 aromatic rings. The summed E-state index contributed by atoms with van der Waals surface area (Å²) < 4.78 is 27.7. The van der Waals surface area contributed by atoms with Crippen LogP contribution in [0.5, 0.6) is 28.7 Å². The number of hydrogen-bond acceptors (Lipinski definition) is 8. The number of anilines is 2. The molecule has 0 amide bonds. The van der Waals surface area contributed by atoms with Crippen molar-refractivity contribution in [3.8, 4) is 28.7 Å². The number of carbonyl (C=O) groups excluding carboxylic acids is 1. The lowest BCUT2D eigenvalue weighted by atomic mass is 10.1. The van der Waals surface area contributed by atoms with Crippen LogP contribution in [0.25, 0.3) is 12.2 Å². The third-order valence-corrected chi connectivity index (χ3v) is 6.00. The molecule has 3 rings (SSSR count). The summed E-state index contributed by atoms with van der Waals surface area (Å²) in [6.07, 6.45) is 6.84. The van der Waals surface area contributed by atoms with E-state index in [1.807, 2.05) is 36.4 Å². The van der Waals surface area contributed by atoms with Gasteiger partial charge < -0.3 is 34.7 Å². The molecule has 8 nitrogen and oxygen atoms in total. The summed E-state index contributed by atoms with van der Waals surface area (Å²) in [7, 11) is 7.81. The molecule has 0 heterocycles. The lowest BCUT2D eigenvalue weighted by Gasteiger charge is -2.13. The quantitative estimate of drug-likeness (QED) is 0.125. The average molecular weight is 569 g/mol. The van der Waals surface area contributed by atoms with E-state index in [1.54, 1.807) is 52.8 Å². The van der Waals surface area contributed by atoms with E-state index in [1.165, 1.54) is 13.2 Å². The van der Waals surface area contributed by atoms with Crippen LogP contribution in [0, 0.1) is 0 Å². The lowest BCUT2D eigenvalue weighted by molar-refractivity contribution is 0.104. The van der Waals surface area contributed by atoms with Crippen molar-refractivity contribution in [2.45, 2.75) is 0 Å². The summed E-state index contributed by atoms with van der Waals surface area (Å²) in [6.45, 7) is 0. The highest BCUT2D eigenvalue weighted by Crippen LogP contribution is 2.39. The minimum atomic E-state index is -0.210. The van der Waals surface area contributed by atoms with Gasteiger partial charge in [0.05, 0.1) is 51.4 Å². The van der Waals surface area contributed by atoms with Crippen molar-refractivity contribution in [2.75, 3.05) is 46.6 Å². The van der Waals surface area contributed by atoms with Crippen molar-refractivity contribution in [1.82, 2.24) is 0 Å². The Morgan fingerprint density at radius 2 is 1.38 bits per heavy atom. The maximum absolute atomic E-state index is 12.6. The maximum atomic E-state index is 12.6. The van der Waals surface area contributed by atoms with Gasteiger partial charge in [-0.05, 0) is 69.5 Å². The second kappa shape index (κ2) is 12.7. The molecule has 0 aliphatic rings. The van der Waals surface area contributed by atoms with E-state index in [0.717, 1.165) is 15.6 Å². The molecule has 0 aliphatic carbocycles. The second-order valence-corrected chi connectivity index (χ2v) is 8.53. The predicted octanol–water partition coefficient (Wildman–Crippen LogP) is 6.05. The number of hydrogen-bond donors (Lipinski definition) is 2. The molecule has 3 N–H and O–H groups in total. The van der Waals surface area contributed by atoms with Crippen LogP contribution in [0.3, 0.4) is 0 Å². The van der Waals surface area contributed by atoms with Crippen LogP contribution in [0.15, 0.2) is 59.2 Å². The average Bonchev–Trinajstić information content (AvgIpc) is 2.90. The molecular weight excluding hydrogens is 540 g/mol. The highest BCUT2D eigenvalue weighted by atomic mass is 79.9. The fourth-order valence-corrected chi connectivity index (χ4v) is 4.25. The molecule has 0 fully saturated rings. The van der Waals surface area contributed by atoms with Gasteiger partial charge in [-0.3, -0.25) is 4.79 Å². The summed E-state index contributed by atoms with van der Waals surface area (Å²) >= 11 is 3.56. The van der Waals surface area contributed by atoms with Crippen LogP contribution in [-0.2, 0) is 0 Å². The Hall–Kier alpha value is -4.11. The van der Waals surface area contributed by atoms with Gasteiger partial charge in [0, 0.05) is 17.8 Å². The first kappa shape index (κ1) is 27.5. The summed E-state index contributed by atoms with van der Waals surface area (Å²) in [5.74, 6) is 2.56. The van der Waals surface area contributed by atoms with Crippen molar-refractivity contribution in [3.05, 3.63) is 75.9 Å². The smallest absolute Gasteiger partial charge is 0.203 e. The summed E-state index contributed by atoms with van der Waals surface area (Å²) in [5.41, 5.74) is 9.17. The Bertz CT molecular complexity index is 1310. The van der Waals surface area contributed by atoms with Crippen molar-refractivity contribution in [2.24, 2.45) is 0 Å². The maximum Gasteiger partial charge on any atom is 0.203 e. The summed E-state index contributed by atoms with van der Waals surface area (Å²) in [5, 5.41) is 3.13. The van der Waals surface area contributed by atoms with Gasteiger partial charge in [-0.1, -0.05) is 12.2 Å². The number of benzene rings is 3. The first-order chi connectivity index (χ1) is 17.8. The second-order valence-electron chi connectivity index (χ2n) is 7.67. The molecule has 0 aliphatic heterocycles. The van der Waals surface area contributed by atoms with Crippen LogP contribution in [0.4, 0.5) is 11.4 Å². The molecular formula is C28H29BrN2O6. The number of rotatable bonds is 11. The molecule has 0 radical (unpaired) electrons. The van der Waals surface area contributed by atoms with E-state index in [2.05, 4.69) is 21.2 Å². The van der Waals surface area contributed by atoms with Gasteiger partial charge in [0.1, 0.15) is 5.75 Å². The molecule has 0 saturated carbocycles. The Morgan fingerprint density at radius 1 is 0.784 bits per heavy atom. The number of methoxy groups -OCH3 is 5. The van der Waals surface area contributed by atoms with Crippen LogP contribution in [0.1, 0.15) is 21.5 Å². The van der Waals surface area contributed by atoms with Gasteiger partial charge in [-0.15, -0.1) is 0 Å². The van der Waals surface area contributed by atoms with E-state index >= 15 is 0 Å². The predicted molar refractivity (Wildman–Crippen MR) is 150 cm³/mol. The first-order valence-electron chi connectivity index (χ1n) is 11.1. The van der Waals surface area contributed by atoms with Crippen LogP contribution < -0.4 is 34.7 Å². The van der Waals surface area contributed by atoms with Gasteiger partial charge in [-0.2, -0.15) is 0 Å². The summed E-state index contributed by atoms with van der Waals surface area (Å²) in [4.78, 5) is 12.6. The van der Waals surface area contributed by atoms with Gasteiger partial charge in [0.25, 0.3) is 0 Å². The number of nitrogens with two attached hydrogens (primary N) is 1. The minimum absolute atomic E-state index is 0.210. The Balaban J connectivity index is 1.84. The Labute approximate surface area is 224 Å². The molecule has 0 aromatic heterocycles. The Morgan fingerprint density at radius 3 is 1.92 bits per heavy atom. The summed E-state index contributed by atoms with van der Waals surface area (Å²) in [6, 6.07) is 12.4. The van der Waals surface area contributed by atoms with Gasteiger partial charge in [0.2, 0.25) is 5.75 Å². The number of allylic oxidation sites excluding steroid dienone is 1. The van der Waals surface area contributed by atoms with Crippen LogP contribution >= 0.6 is 15.9 Å². The standard InChI is InChI=1S/C28H29BrN2O6/c1-33-24-9-8-19(16-21(24)30)23(32)10-11-31-22-13-17(12-20(29)27(22)36-4)6-7-18-14-25(34-2)28(37-5)26(15-18)35-3/h6-16,31H,30H2,1-5H3. The molecule has 194 valence electrons. The zero-order valence-corrected chi connectivity index (χ0v) is 22.8. The van der Waals surface area contributed by atoms with Gasteiger partial charge in [0.15, 0.2) is 23.0 Å². The van der Waals surface area contributed by atoms with Gasteiger partial charge in [-0.25, -0.2) is 0 Å². The zero-order chi connectivity index (χ0) is 26.9. The molecule has 0 atom stereocenters. The van der Waals surface area contributed by atoms with Crippen molar-refractivity contribution < 1.29 is 28.5 Å². The minimum Gasteiger partial charge on any atom is -0.495 e. The molecule has 3 aromatic carbocycles. The number of nitrogen functional groups attached to an aromatic ring is 1. The number of ether oxygens (including phenoxy) is 5. The first-order valence-corrected chi connectivity index (χ1v) is 11.9. The zero-order valence-electron chi connectivity index (χ0n) is 21.3. The molecule has 37 heavy (non-hydrogen) atoms. The van der Waals surface area contributed by atoms with Crippen molar-refractivity contribution in [3.63, 3.8) is 0 Å². The number of nitrogens with one attached hydrogen (secondary N) is 1. The van der Waals surface area contributed by atoms with Crippen LogP contribution in [-0.4, -0.2) is 41.3 Å². The molecule has 0 unspecified atom stereocenters. The largest absolute Gasteiger partial charge is 0.495 e. The topological polar surface area (TPSA) is 101 Å². The number of ketones is 1. The molecule has 0 saturated heterocycles. The highest BCUT2D eigenvalue weighted by molar-refractivity contribution is 9.10. The van der Waals surface area contributed by atoms with E-state index in [0.29, 0.717) is 45.7 Å². The normalized spacial score (nSPS) is 11.0. The fourth-order valence-electron chi connectivity index (χ4n) is 3.61. The van der Waals surface area contributed by atoms with E-state index in [9.17, 15) is 4.79 Å². The van der Waals surface area contributed by atoms with E-state index in [-0.39, 0.29) is 5.78 Å².